The Morgan fingerprint density at radius 3 is 2.53 bits per heavy atom. The van der Waals surface area contributed by atoms with Crippen LogP contribution in [0, 0.1) is 13.8 Å². The van der Waals surface area contributed by atoms with Crippen LogP contribution in [0.15, 0.2) is 32.5 Å². The summed E-state index contributed by atoms with van der Waals surface area (Å²) in [6, 6.07) is 6.48. The Balaban J connectivity index is 2.14. The first kappa shape index (κ1) is 13.1. The topological polar surface area (TPSA) is 12.0 Å². The van der Waals surface area contributed by atoms with E-state index in [1.165, 1.54) is 21.7 Å². The molecule has 1 aromatic carbocycles. The number of anilines is 1. The van der Waals surface area contributed by atoms with Crippen molar-refractivity contribution >= 4 is 48.9 Å². The van der Waals surface area contributed by atoms with E-state index in [0.717, 1.165) is 15.5 Å². The predicted molar refractivity (Wildman–Crippen MR) is 83.0 cm³/mol. The van der Waals surface area contributed by atoms with Gasteiger partial charge in [-0.25, -0.2) is 0 Å². The van der Waals surface area contributed by atoms with E-state index in [4.69, 9.17) is 0 Å². The van der Waals surface area contributed by atoms with E-state index in [-0.39, 0.29) is 0 Å². The maximum Gasteiger partial charge on any atom is 0.0517 e. The monoisotopic (exact) mass is 373 g/mol. The van der Waals surface area contributed by atoms with Gasteiger partial charge in [0.05, 0.1) is 5.69 Å². The molecule has 2 rings (SSSR count). The van der Waals surface area contributed by atoms with Crippen molar-refractivity contribution < 1.29 is 0 Å². The van der Waals surface area contributed by atoms with Crippen LogP contribution in [-0.2, 0) is 6.54 Å². The molecule has 0 aliphatic rings. The highest BCUT2D eigenvalue weighted by atomic mass is 79.9. The zero-order chi connectivity index (χ0) is 12.4. The van der Waals surface area contributed by atoms with E-state index in [0.29, 0.717) is 0 Å². The minimum absolute atomic E-state index is 0.860. The van der Waals surface area contributed by atoms with E-state index in [1.807, 2.05) is 0 Å². The molecular formula is C13H13Br2NS. The van der Waals surface area contributed by atoms with Crippen molar-refractivity contribution in [2.75, 3.05) is 5.32 Å². The van der Waals surface area contributed by atoms with Gasteiger partial charge in [0, 0.05) is 25.7 Å². The Labute approximate surface area is 123 Å². The van der Waals surface area contributed by atoms with Gasteiger partial charge in [0.2, 0.25) is 0 Å². The fourth-order valence-electron chi connectivity index (χ4n) is 1.76. The van der Waals surface area contributed by atoms with Crippen LogP contribution in [0.4, 0.5) is 5.69 Å². The average Bonchev–Trinajstić information content (AvgIpc) is 2.62. The summed E-state index contributed by atoms with van der Waals surface area (Å²) in [5.41, 5.74) is 3.73. The smallest absolute Gasteiger partial charge is 0.0517 e. The quantitative estimate of drug-likeness (QED) is 0.747. The summed E-state index contributed by atoms with van der Waals surface area (Å²) >= 11 is 8.84. The fourth-order valence-corrected chi connectivity index (χ4v) is 3.97. The molecule has 4 heteroatoms. The molecule has 1 heterocycles. The SMILES string of the molecule is Cc1cc(C)c(NCc2cc(Br)cs2)c(Br)c1. The standard InChI is InChI=1S/C13H13Br2NS/c1-8-3-9(2)13(12(15)4-8)16-6-11-5-10(14)7-17-11/h3-5,7,16H,6H2,1-2H3. The highest BCUT2D eigenvalue weighted by Gasteiger charge is 2.05. The maximum atomic E-state index is 3.61. The second kappa shape index (κ2) is 5.55. The number of halogens is 2. The van der Waals surface area contributed by atoms with Crippen molar-refractivity contribution in [3.8, 4) is 0 Å². The Bertz CT molecular complexity index is 511. The molecule has 1 N–H and O–H groups in total. The van der Waals surface area contributed by atoms with Gasteiger partial charge in [0.15, 0.2) is 0 Å². The first-order valence-corrected chi connectivity index (χ1v) is 7.76. The molecule has 0 radical (unpaired) electrons. The van der Waals surface area contributed by atoms with E-state index < -0.39 is 0 Å². The van der Waals surface area contributed by atoms with Gasteiger partial charge in [0.1, 0.15) is 0 Å². The lowest BCUT2D eigenvalue weighted by Crippen LogP contribution is -2.00. The Kier molecular flexibility index (Phi) is 4.28. The van der Waals surface area contributed by atoms with Crippen molar-refractivity contribution in [1.82, 2.24) is 0 Å². The van der Waals surface area contributed by atoms with Crippen LogP contribution in [-0.4, -0.2) is 0 Å². The maximum absolute atomic E-state index is 3.61. The summed E-state index contributed by atoms with van der Waals surface area (Å²) < 4.78 is 2.28. The van der Waals surface area contributed by atoms with Crippen LogP contribution in [0.2, 0.25) is 0 Å². The number of nitrogens with one attached hydrogen (secondary N) is 1. The second-order valence-corrected chi connectivity index (χ2v) is 6.79. The van der Waals surface area contributed by atoms with Gasteiger partial charge in [-0.1, -0.05) is 6.07 Å². The lowest BCUT2D eigenvalue weighted by atomic mass is 10.1. The van der Waals surface area contributed by atoms with Crippen LogP contribution in [0.1, 0.15) is 16.0 Å². The van der Waals surface area contributed by atoms with Crippen LogP contribution < -0.4 is 5.32 Å². The molecule has 0 aliphatic carbocycles. The second-order valence-electron chi connectivity index (χ2n) is 4.02. The molecule has 90 valence electrons. The summed E-state index contributed by atoms with van der Waals surface area (Å²) in [5, 5.41) is 5.59. The summed E-state index contributed by atoms with van der Waals surface area (Å²) in [5.74, 6) is 0. The number of hydrogen-bond acceptors (Lipinski definition) is 2. The molecule has 0 saturated heterocycles. The highest BCUT2D eigenvalue weighted by molar-refractivity contribution is 9.10. The molecule has 1 aromatic heterocycles. The molecule has 1 nitrogen and oxygen atoms in total. The zero-order valence-electron chi connectivity index (χ0n) is 9.68. The fraction of sp³-hybridized carbons (Fsp3) is 0.231. The third-order valence-corrected chi connectivity index (χ3v) is 4.82. The summed E-state index contributed by atoms with van der Waals surface area (Å²) in [6.45, 7) is 5.10. The van der Waals surface area contributed by atoms with Crippen LogP contribution >= 0.6 is 43.2 Å². The first-order valence-electron chi connectivity index (χ1n) is 5.30. The molecule has 0 aliphatic heterocycles. The Hall–Kier alpha value is -0.320. The molecule has 0 fully saturated rings. The van der Waals surface area contributed by atoms with Crippen molar-refractivity contribution in [3.05, 3.63) is 48.5 Å². The molecular weight excluding hydrogens is 362 g/mol. The minimum Gasteiger partial charge on any atom is -0.379 e. The average molecular weight is 375 g/mol. The van der Waals surface area contributed by atoms with E-state index in [1.54, 1.807) is 11.3 Å². The van der Waals surface area contributed by atoms with Crippen LogP contribution in [0.3, 0.4) is 0 Å². The van der Waals surface area contributed by atoms with E-state index >= 15 is 0 Å². The number of thiophene rings is 1. The van der Waals surface area contributed by atoms with Crippen molar-refractivity contribution in [3.63, 3.8) is 0 Å². The molecule has 0 atom stereocenters. The normalized spacial score (nSPS) is 10.6. The molecule has 0 unspecified atom stereocenters. The van der Waals surface area contributed by atoms with Crippen LogP contribution in [0.25, 0.3) is 0 Å². The van der Waals surface area contributed by atoms with Gasteiger partial charge in [-0.2, -0.15) is 0 Å². The summed E-state index contributed by atoms with van der Waals surface area (Å²) in [6.07, 6.45) is 0. The van der Waals surface area contributed by atoms with Crippen LogP contribution in [0.5, 0.6) is 0 Å². The number of rotatable bonds is 3. The van der Waals surface area contributed by atoms with E-state index in [2.05, 4.69) is 74.6 Å². The molecule has 17 heavy (non-hydrogen) atoms. The third kappa shape index (κ3) is 3.33. The van der Waals surface area contributed by atoms with Gasteiger partial charge in [0.25, 0.3) is 0 Å². The Morgan fingerprint density at radius 2 is 1.94 bits per heavy atom. The molecule has 0 spiro atoms. The molecule has 0 saturated carbocycles. The van der Waals surface area contributed by atoms with Crippen molar-refractivity contribution in [1.29, 1.82) is 0 Å². The van der Waals surface area contributed by atoms with Gasteiger partial charge < -0.3 is 5.32 Å². The Morgan fingerprint density at radius 1 is 1.18 bits per heavy atom. The number of benzene rings is 1. The largest absolute Gasteiger partial charge is 0.379 e. The predicted octanol–water partition coefficient (Wildman–Crippen LogP) is 5.50. The zero-order valence-corrected chi connectivity index (χ0v) is 13.7. The molecule has 0 amide bonds. The first-order chi connectivity index (χ1) is 8.06. The van der Waals surface area contributed by atoms with Gasteiger partial charge in [-0.3, -0.25) is 0 Å². The highest BCUT2D eigenvalue weighted by Crippen LogP contribution is 2.29. The lowest BCUT2D eigenvalue weighted by molar-refractivity contribution is 1.17. The molecule has 2 aromatic rings. The van der Waals surface area contributed by atoms with Gasteiger partial charge >= 0.3 is 0 Å². The number of hydrogen-bond donors (Lipinski definition) is 1. The van der Waals surface area contributed by atoms with E-state index in [9.17, 15) is 0 Å². The lowest BCUT2D eigenvalue weighted by Gasteiger charge is -2.12. The van der Waals surface area contributed by atoms with Crippen molar-refractivity contribution in [2.45, 2.75) is 20.4 Å². The summed E-state index contributed by atoms with van der Waals surface area (Å²) in [4.78, 5) is 1.32. The third-order valence-electron chi connectivity index (χ3n) is 2.49. The summed E-state index contributed by atoms with van der Waals surface area (Å²) in [7, 11) is 0. The van der Waals surface area contributed by atoms with Crippen molar-refractivity contribution in [2.24, 2.45) is 0 Å². The van der Waals surface area contributed by atoms with Gasteiger partial charge in [-0.15, -0.1) is 11.3 Å². The number of aryl methyl sites for hydroxylation is 2. The molecule has 0 bridgehead atoms. The minimum atomic E-state index is 0.860. The van der Waals surface area contributed by atoms with Gasteiger partial charge in [-0.05, 0) is 69.0 Å².